The minimum Gasteiger partial charge on any atom is -0.431 e. The molecule has 2 bridgehead atoms. The summed E-state index contributed by atoms with van der Waals surface area (Å²) in [4.78, 5) is 24.9. The fourth-order valence-corrected chi connectivity index (χ4v) is 5.17. The number of carbonyl (C=O) groups is 1. The molecular formula is C21H22N4O2S. The van der Waals surface area contributed by atoms with Crippen LogP contribution in [0.15, 0.2) is 36.5 Å². The second kappa shape index (κ2) is 6.83. The first-order valence-corrected chi connectivity index (χ1v) is 10.4. The van der Waals surface area contributed by atoms with Crippen molar-refractivity contribution in [1.29, 1.82) is 0 Å². The second-order valence-corrected chi connectivity index (χ2v) is 8.61. The molecule has 0 aliphatic carbocycles. The number of pyridine rings is 1. The average molecular weight is 395 g/mol. The molecule has 2 aromatic heterocycles. The number of likely N-dealkylation sites (tertiary alicyclic amines) is 2. The quantitative estimate of drug-likeness (QED) is 0.677. The van der Waals surface area contributed by atoms with E-state index in [1.54, 1.807) is 13.1 Å². The molecule has 28 heavy (non-hydrogen) atoms. The number of rotatable bonds is 4. The van der Waals surface area contributed by atoms with E-state index in [2.05, 4.69) is 33.9 Å². The van der Waals surface area contributed by atoms with E-state index in [1.165, 1.54) is 16.9 Å². The highest BCUT2D eigenvalue weighted by atomic mass is 32.1. The Hall–Kier alpha value is -2.51. The van der Waals surface area contributed by atoms with Crippen LogP contribution in [-0.2, 0) is 11.3 Å². The molecule has 2 fully saturated rings. The molecule has 0 saturated carbocycles. The largest absolute Gasteiger partial charge is 0.431 e. The summed E-state index contributed by atoms with van der Waals surface area (Å²) in [5.74, 6) is 0.986. The van der Waals surface area contributed by atoms with Crippen molar-refractivity contribution in [2.45, 2.75) is 38.9 Å². The van der Waals surface area contributed by atoms with Gasteiger partial charge < -0.3 is 9.64 Å². The van der Waals surface area contributed by atoms with Crippen molar-refractivity contribution >= 4 is 27.6 Å². The number of hydrogen-bond donors (Lipinski definition) is 0. The van der Waals surface area contributed by atoms with E-state index in [0.717, 1.165) is 47.7 Å². The number of aryl methyl sites for hydroxylation is 1. The van der Waals surface area contributed by atoms with Gasteiger partial charge in [0.15, 0.2) is 5.65 Å². The van der Waals surface area contributed by atoms with Gasteiger partial charge in [0, 0.05) is 44.8 Å². The number of hydrogen-bond acceptors (Lipinski definition) is 6. The molecule has 2 atom stereocenters. The maximum atomic E-state index is 11.6. The third kappa shape index (κ3) is 3.14. The van der Waals surface area contributed by atoms with Gasteiger partial charge in [-0.25, -0.2) is 4.98 Å². The molecule has 6 nitrogen and oxygen atoms in total. The minimum atomic E-state index is 0.203. The van der Waals surface area contributed by atoms with Gasteiger partial charge in [0.25, 0.3) is 5.19 Å². The van der Waals surface area contributed by atoms with E-state index in [-0.39, 0.29) is 5.91 Å². The van der Waals surface area contributed by atoms with E-state index in [1.807, 2.05) is 23.1 Å². The second-order valence-electron chi connectivity index (χ2n) is 7.65. The van der Waals surface area contributed by atoms with Crippen LogP contribution in [-0.4, -0.2) is 50.8 Å². The zero-order valence-electron chi connectivity index (χ0n) is 16.0. The fraction of sp³-hybridized carbons (Fsp3) is 0.381. The van der Waals surface area contributed by atoms with Crippen LogP contribution in [0.4, 0.5) is 0 Å². The maximum absolute atomic E-state index is 11.6. The topological polar surface area (TPSA) is 58.6 Å². The predicted molar refractivity (Wildman–Crippen MR) is 109 cm³/mol. The van der Waals surface area contributed by atoms with Crippen LogP contribution >= 0.6 is 11.3 Å². The fourth-order valence-electron chi connectivity index (χ4n) is 4.30. The highest BCUT2D eigenvalue weighted by Crippen LogP contribution is 2.34. The highest BCUT2D eigenvalue weighted by molar-refractivity contribution is 7.20. The Labute approximate surface area is 167 Å². The molecule has 2 saturated heterocycles. The third-order valence-corrected chi connectivity index (χ3v) is 6.80. The third-order valence-electron chi connectivity index (χ3n) is 5.74. The van der Waals surface area contributed by atoms with Crippen LogP contribution < -0.4 is 4.74 Å². The molecular weight excluding hydrogens is 372 g/mol. The van der Waals surface area contributed by atoms with Crippen LogP contribution in [0.1, 0.15) is 24.5 Å². The molecule has 5 rings (SSSR count). The first kappa shape index (κ1) is 17.6. The van der Waals surface area contributed by atoms with Crippen LogP contribution in [0.25, 0.3) is 10.3 Å². The van der Waals surface area contributed by atoms with Gasteiger partial charge in [0.1, 0.15) is 5.75 Å². The van der Waals surface area contributed by atoms with E-state index in [4.69, 9.17) is 4.74 Å². The number of fused-ring (bicyclic) bond motifs is 3. The molecule has 1 aromatic carbocycles. The van der Waals surface area contributed by atoms with Crippen molar-refractivity contribution in [3.8, 4) is 10.9 Å². The van der Waals surface area contributed by atoms with Crippen LogP contribution in [0.5, 0.6) is 10.9 Å². The van der Waals surface area contributed by atoms with Gasteiger partial charge in [0.05, 0.1) is 4.70 Å². The van der Waals surface area contributed by atoms with Crippen molar-refractivity contribution in [2.24, 2.45) is 0 Å². The van der Waals surface area contributed by atoms with Crippen molar-refractivity contribution in [3.05, 3.63) is 47.7 Å². The van der Waals surface area contributed by atoms with Crippen molar-refractivity contribution in [3.63, 3.8) is 0 Å². The van der Waals surface area contributed by atoms with Crippen molar-refractivity contribution in [1.82, 2.24) is 19.8 Å². The van der Waals surface area contributed by atoms with E-state index in [9.17, 15) is 4.79 Å². The summed E-state index contributed by atoms with van der Waals surface area (Å²) >= 11 is 1.52. The Balaban J connectivity index is 1.24. The molecule has 4 heterocycles. The van der Waals surface area contributed by atoms with Crippen LogP contribution in [0.2, 0.25) is 0 Å². The molecule has 0 radical (unpaired) electrons. The van der Waals surface area contributed by atoms with Gasteiger partial charge in [-0.3, -0.25) is 9.69 Å². The molecule has 0 unspecified atom stereocenters. The van der Waals surface area contributed by atoms with Crippen LogP contribution in [0, 0.1) is 6.92 Å². The molecule has 1 amide bonds. The van der Waals surface area contributed by atoms with Gasteiger partial charge in [-0.15, -0.1) is 0 Å². The number of piperazine rings is 1. The molecule has 3 aromatic rings. The van der Waals surface area contributed by atoms with Crippen molar-refractivity contribution < 1.29 is 9.53 Å². The maximum Gasteiger partial charge on any atom is 0.281 e. The number of amides is 1. The summed E-state index contributed by atoms with van der Waals surface area (Å²) in [6, 6.07) is 11.1. The number of carbonyl (C=O) groups excluding carboxylic acids is 1. The lowest BCUT2D eigenvalue weighted by Crippen LogP contribution is -2.47. The summed E-state index contributed by atoms with van der Waals surface area (Å²) in [5.41, 5.74) is 3.16. The standard InChI is InChI=1S/C21H22N4O2S/c1-13-7-8-22-20-19(13)28-21(23-20)27-18-5-3-15(4-6-18)10-24-11-17-9-16(24)12-25(17)14(2)26/h3-8,16-17H,9-12H2,1-2H3/t16-,17-/m0/s1. The molecule has 144 valence electrons. The summed E-state index contributed by atoms with van der Waals surface area (Å²) in [6.07, 6.45) is 2.88. The Morgan fingerprint density at radius 3 is 2.71 bits per heavy atom. The van der Waals surface area contributed by atoms with Gasteiger partial charge in [-0.1, -0.05) is 23.5 Å². The minimum absolute atomic E-state index is 0.203. The molecule has 0 spiro atoms. The zero-order valence-corrected chi connectivity index (χ0v) is 16.8. The lowest BCUT2D eigenvalue weighted by molar-refractivity contribution is -0.131. The number of ether oxygens (including phenoxy) is 1. The number of benzene rings is 1. The van der Waals surface area contributed by atoms with Gasteiger partial charge in [-0.2, -0.15) is 4.98 Å². The van der Waals surface area contributed by atoms with E-state index < -0.39 is 0 Å². The lowest BCUT2D eigenvalue weighted by Gasteiger charge is -2.33. The Morgan fingerprint density at radius 1 is 1.21 bits per heavy atom. The summed E-state index contributed by atoms with van der Waals surface area (Å²) in [6.45, 7) is 6.48. The SMILES string of the molecule is CC(=O)N1C[C@@H]2C[C@H]1CN2Cc1ccc(Oc2nc3nccc(C)c3s2)cc1. The van der Waals surface area contributed by atoms with E-state index >= 15 is 0 Å². The Morgan fingerprint density at radius 2 is 2.04 bits per heavy atom. The first-order chi connectivity index (χ1) is 13.6. The van der Waals surface area contributed by atoms with Gasteiger partial charge >= 0.3 is 0 Å². The van der Waals surface area contributed by atoms with Gasteiger partial charge in [0.2, 0.25) is 5.91 Å². The lowest BCUT2D eigenvalue weighted by atomic mass is 10.2. The average Bonchev–Trinajstić information content (AvgIpc) is 3.37. The van der Waals surface area contributed by atoms with Gasteiger partial charge in [-0.05, 0) is 42.7 Å². The van der Waals surface area contributed by atoms with Crippen molar-refractivity contribution in [2.75, 3.05) is 13.1 Å². The Kier molecular flexibility index (Phi) is 4.29. The zero-order chi connectivity index (χ0) is 19.3. The first-order valence-electron chi connectivity index (χ1n) is 9.57. The monoisotopic (exact) mass is 394 g/mol. The molecule has 2 aliphatic rings. The smallest absolute Gasteiger partial charge is 0.281 e. The van der Waals surface area contributed by atoms with E-state index in [0.29, 0.717) is 17.3 Å². The normalized spacial score (nSPS) is 21.6. The van der Waals surface area contributed by atoms with Crippen LogP contribution in [0.3, 0.4) is 0 Å². The number of thiazole rings is 1. The summed E-state index contributed by atoms with van der Waals surface area (Å²) in [5, 5.41) is 0.616. The number of aromatic nitrogens is 2. The summed E-state index contributed by atoms with van der Waals surface area (Å²) in [7, 11) is 0. The molecule has 0 N–H and O–H groups in total. The molecule has 2 aliphatic heterocycles. The molecule has 7 heteroatoms. The highest BCUT2D eigenvalue weighted by Gasteiger charge is 2.43. The summed E-state index contributed by atoms with van der Waals surface area (Å²) < 4.78 is 7.01. The number of nitrogens with zero attached hydrogens (tertiary/aromatic N) is 4. The predicted octanol–water partition coefficient (Wildman–Crippen LogP) is 3.60. The Bertz CT molecular complexity index is 1030.